The van der Waals surface area contributed by atoms with Gasteiger partial charge in [-0.1, -0.05) is 79.8 Å². The minimum atomic E-state index is 0.585. The molecule has 0 fully saturated rings. The van der Waals surface area contributed by atoms with Crippen LogP contribution >= 0.6 is 0 Å². The Labute approximate surface area is 210 Å². The number of nitrogens with one attached hydrogen (secondary N) is 1. The van der Waals surface area contributed by atoms with Gasteiger partial charge >= 0.3 is 0 Å². The van der Waals surface area contributed by atoms with Crippen molar-refractivity contribution in [2.45, 2.75) is 32.6 Å². The molecule has 2 heteroatoms. The van der Waals surface area contributed by atoms with Crippen molar-refractivity contribution < 1.29 is 0 Å². The quantitative estimate of drug-likeness (QED) is 0.485. The normalized spacial score (nSPS) is 26.1. The smallest absolute Gasteiger partial charge is 0.0456 e. The zero-order valence-corrected chi connectivity index (χ0v) is 20.5. The third-order valence-corrected chi connectivity index (χ3v) is 6.98. The molecule has 2 heterocycles. The lowest BCUT2D eigenvalue weighted by molar-refractivity contribution is 0.466. The number of benzene rings is 2. The summed E-state index contributed by atoms with van der Waals surface area (Å²) in [5.41, 5.74) is 9.10. The summed E-state index contributed by atoms with van der Waals surface area (Å²) in [4.78, 5) is 2.37. The zero-order chi connectivity index (χ0) is 23.9. The van der Waals surface area contributed by atoms with Crippen LogP contribution in [0.1, 0.15) is 43.7 Å². The molecule has 3 aliphatic rings. The highest BCUT2D eigenvalue weighted by Crippen LogP contribution is 2.35. The molecule has 5 rings (SSSR count). The van der Waals surface area contributed by atoms with Crippen LogP contribution < -0.4 is 5.32 Å². The van der Waals surface area contributed by atoms with E-state index in [0.29, 0.717) is 5.92 Å². The van der Waals surface area contributed by atoms with Gasteiger partial charge in [-0.15, -0.1) is 0 Å². The second kappa shape index (κ2) is 11.1. The summed E-state index contributed by atoms with van der Waals surface area (Å²) < 4.78 is 0. The van der Waals surface area contributed by atoms with E-state index < -0.39 is 0 Å². The number of hydrogen-bond donors (Lipinski definition) is 1. The van der Waals surface area contributed by atoms with Gasteiger partial charge in [0.2, 0.25) is 0 Å². The van der Waals surface area contributed by atoms with E-state index in [9.17, 15) is 0 Å². The van der Waals surface area contributed by atoms with Crippen molar-refractivity contribution in [3.05, 3.63) is 138 Å². The molecule has 0 spiro atoms. The summed E-state index contributed by atoms with van der Waals surface area (Å²) in [5, 5.41) is 3.54. The van der Waals surface area contributed by atoms with E-state index in [0.717, 1.165) is 31.5 Å². The molecule has 2 aromatic carbocycles. The molecule has 0 amide bonds. The Hall–Kier alpha value is -3.78. The first-order chi connectivity index (χ1) is 17.3. The molecule has 1 N–H and O–H groups in total. The molecule has 1 atom stereocenters. The van der Waals surface area contributed by atoms with Crippen molar-refractivity contribution >= 4 is 16.8 Å². The van der Waals surface area contributed by atoms with Crippen molar-refractivity contribution in [3.8, 4) is 0 Å². The van der Waals surface area contributed by atoms with Gasteiger partial charge < -0.3 is 10.2 Å². The molecular formula is C33H34N2. The summed E-state index contributed by atoms with van der Waals surface area (Å²) in [6.45, 7) is 3.29. The number of hydrogen-bond acceptors (Lipinski definition) is 2. The van der Waals surface area contributed by atoms with Gasteiger partial charge in [0.1, 0.15) is 0 Å². The lowest BCUT2D eigenvalue weighted by Gasteiger charge is -2.23. The Balaban J connectivity index is 1.48. The van der Waals surface area contributed by atoms with E-state index in [1.807, 2.05) is 0 Å². The zero-order valence-electron chi connectivity index (χ0n) is 20.5. The topological polar surface area (TPSA) is 15.3 Å². The third kappa shape index (κ3) is 5.66. The summed E-state index contributed by atoms with van der Waals surface area (Å²) in [6.07, 6.45) is 26.7. The predicted octanol–water partition coefficient (Wildman–Crippen LogP) is 8.50. The van der Waals surface area contributed by atoms with E-state index in [1.165, 1.54) is 40.0 Å². The average molecular weight is 459 g/mol. The van der Waals surface area contributed by atoms with E-state index in [4.69, 9.17) is 0 Å². The highest BCUT2D eigenvalue weighted by Gasteiger charge is 2.15. The standard InChI is InChI=1S/C33H34N2/c1-26-17-19-29-20-21-30(14-7-23-34-33-16-6-5-15-32(33)31(29)22-18-26)35-24-8-12-28(13-9-25-35)27-10-3-2-4-11-27/h2-8,10-12,14-17,19-21,23-24,26,34H,9,13,18,22,25H2,1H3/b21-20-,23-7+,24-8-,28-12+,30-14+. The Morgan fingerprint density at radius 3 is 2.63 bits per heavy atom. The molecule has 1 unspecified atom stereocenters. The SMILES string of the molecule is CC1C=CC2=C(CC1)c1ccccc1N/C=C/C=C(N1/C=C\C=C(\c3ccccc3)CCC1)\C=C/2. The Morgan fingerprint density at radius 1 is 0.857 bits per heavy atom. The first-order valence-corrected chi connectivity index (χ1v) is 12.8. The molecule has 2 nitrogen and oxygen atoms in total. The van der Waals surface area contributed by atoms with Gasteiger partial charge in [0, 0.05) is 35.9 Å². The van der Waals surface area contributed by atoms with Crippen molar-refractivity contribution in [2.75, 3.05) is 11.9 Å². The summed E-state index contributed by atoms with van der Waals surface area (Å²) >= 11 is 0. The van der Waals surface area contributed by atoms with Gasteiger partial charge in [-0.2, -0.15) is 0 Å². The maximum atomic E-state index is 3.54. The Morgan fingerprint density at radius 2 is 1.71 bits per heavy atom. The fourth-order valence-electron chi connectivity index (χ4n) is 4.98. The number of para-hydroxylation sites is 1. The van der Waals surface area contributed by atoms with Crippen LogP contribution in [-0.4, -0.2) is 11.4 Å². The maximum absolute atomic E-state index is 3.54. The molecule has 0 aromatic heterocycles. The maximum Gasteiger partial charge on any atom is 0.0456 e. The molecule has 35 heavy (non-hydrogen) atoms. The van der Waals surface area contributed by atoms with Crippen LogP contribution in [0.5, 0.6) is 0 Å². The van der Waals surface area contributed by atoms with Crippen LogP contribution in [0.2, 0.25) is 0 Å². The number of rotatable bonds is 2. The van der Waals surface area contributed by atoms with Crippen LogP contribution in [0.25, 0.3) is 11.1 Å². The van der Waals surface area contributed by atoms with Gasteiger partial charge in [0.05, 0.1) is 0 Å². The largest absolute Gasteiger partial charge is 0.361 e. The molecule has 0 saturated heterocycles. The van der Waals surface area contributed by atoms with Crippen LogP contribution in [0.15, 0.2) is 127 Å². The number of fused-ring (bicyclic) bond motifs is 2. The molecule has 0 radical (unpaired) electrons. The van der Waals surface area contributed by atoms with Gasteiger partial charge in [-0.25, -0.2) is 0 Å². The number of allylic oxidation sites excluding steroid dienone is 11. The Bertz CT molecular complexity index is 1250. The van der Waals surface area contributed by atoms with E-state index >= 15 is 0 Å². The summed E-state index contributed by atoms with van der Waals surface area (Å²) in [6, 6.07) is 19.4. The van der Waals surface area contributed by atoms with Gasteiger partial charge in [-0.3, -0.25) is 0 Å². The molecule has 176 valence electrons. The second-order valence-corrected chi connectivity index (χ2v) is 9.48. The minimum Gasteiger partial charge on any atom is -0.361 e. The molecular weight excluding hydrogens is 424 g/mol. The highest BCUT2D eigenvalue weighted by atomic mass is 15.1. The fourth-order valence-corrected chi connectivity index (χ4v) is 4.98. The second-order valence-electron chi connectivity index (χ2n) is 9.48. The molecule has 0 bridgehead atoms. The van der Waals surface area contributed by atoms with Crippen molar-refractivity contribution in [2.24, 2.45) is 5.92 Å². The first kappa shape index (κ1) is 23.0. The first-order valence-electron chi connectivity index (χ1n) is 12.8. The molecule has 0 saturated carbocycles. The van der Waals surface area contributed by atoms with Crippen LogP contribution in [0.4, 0.5) is 5.69 Å². The lowest BCUT2D eigenvalue weighted by Crippen LogP contribution is -2.18. The highest BCUT2D eigenvalue weighted by molar-refractivity contribution is 5.82. The monoisotopic (exact) mass is 458 g/mol. The summed E-state index contributed by atoms with van der Waals surface area (Å²) in [7, 11) is 0. The van der Waals surface area contributed by atoms with Crippen molar-refractivity contribution in [3.63, 3.8) is 0 Å². The van der Waals surface area contributed by atoms with Crippen LogP contribution in [0, 0.1) is 5.92 Å². The van der Waals surface area contributed by atoms with E-state index in [1.54, 1.807) is 0 Å². The molecule has 2 aromatic rings. The predicted molar refractivity (Wildman–Crippen MR) is 150 cm³/mol. The Kier molecular flexibility index (Phi) is 7.29. The third-order valence-electron chi connectivity index (χ3n) is 6.98. The van der Waals surface area contributed by atoms with E-state index in [2.05, 4.69) is 133 Å². The number of anilines is 1. The summed E-state index contributed by atoms with van der Waals surface area (Å²) in [5.74, 6) is 0.585. The number of nitrogens with zero attached hydrogens (tertiary/aromatic N) is 1. The van der Waals surface area contributed by atoms with Crippen molar-refractivity contribution in [1.29, 1.82) is 0 Å². The lowest BCUT2D eigenvalue weighted by atomic mass is 9.93. The van der Waals surface area contributed by atoms with E-state index in [-0.39, 0.29) is 0 Å². The van der Waals surface area contributed by atoms with Gasteiger partial charge in [0.15, 0.2) is 0 Å². The van der Waals surface area contributed by atoms with Gasteiger partial charge in [-0.05, 0) is 84.3 Å². The van der Waals surface area contributed by atoms with Gasteiger partial charge in [0.25, 0.3) is 0 Å². The average Bonchev–Trinajstić information content (AvgIpc) is 3.07. The van der Waals surface area contributed by atoms with Crippen LogP contribution in [-0.2, 0) is 0 Å². The van der Waals surface area contributed by atoms with Crippen molar-refractivity contribution in [1.82, 2.24) is 4.90 Å². The van der Waals surface area contributed by atoms with Crippen LogP contribution in [0.3, 0.4) is 0 Å². The minimum absolute atomic E-state index is 0.585. The molecule has 2 aliphatic heterocycles. The molecule has 1 aliphatic carbocycles. The fraction of sp³-hybridized carbons (Fsp3) is 0.212.